The minimum absolute atomic E-state index is 0.775. The number of imidazole rings is 1. The molecular weight excluding hydrogens is 280 g/mol. The van der Waals surface area contributed by atoms with E-state index >= 15 is 0 Å². The summed E-state index contributed by atoms with van der Waals surface area (Å²) in [6, 6.07) is 3.97. The molecule has 3 aromatic heterocycles. The van der Waals surface area contributed by atoms with Crippen molar-refractivity contribution in [1.29, 1.82) is 0 Å². The second-order valence-corrected chi connectivity index (χ2v) is 5.54. The molecule has 8 heteroatoms. The van der Waals surface area contributed by atoms with Gasteiger partial charge in [-0.15, -0.1) is 15.3 Å². The molecule has 1 saturated heterocycles. The van der Waals surface area contributed by atoms with E-state index in [-0.39, 0.29) is 0 Å². The Morgan fingerprint density at radius 2 is 2.00 bits per heavy atom. The molecule has 1 aliphatic heterocycles. The Morgan fingerprint density at radius 1 is 1.14 bits per heavy atom. The molecule has 8 nitrogen and oxygen atoms in total. The molecule has 0 bridgehead atoms. The van der Waals surface area contributed by atoms with Crippen LogP contribution in [0.5, 0.6) is 0 Å². The SMILES string of the molecule is Cn1ccnc1CN1CCN(c2ccc3nncn3n2)CC1. The van der Waals surface area contributed by atoms with Gasteiger partial charge < -0.3 is 9.47 Å². The van der Waals surface area contributed by atoms with E-state index in [0.717, 1.165) is 50.0 Å². The maximum absolute atomic E-state index is 4.56. The number of anilines is 1. The highest BCUT2D eigenvalue weighted by atomic mass is 15.4. The monoisotopic (exact) mass is 298 g/mol. The van der Waals surface area contributed by atoms with E-state index in [1.807, 2.05) is 31.6 Å². The Hall–Kier alpha value is -2.48. The van der Waals surface area contributed by atoms with E-state index < -0.39 is 0 Å². The van der Waals surface area contributed by atoms with Gasteiger partial charge in [0.15, 0.2) is 5.65 Å². The Morgan fingerprint density at radius 3 is 2.77 bits per heavy atom. The molecule has 4 rings (SSSR count). The Labute approximate surface area is 128 Å². The van der Waals surface area contributed by atoms with Crippen molar-refractivity contribution in [3.8, 4) is 0 Å². The largest absolute Gasteiger partial charge is 0.353 e. The van der Waals surface area contributed by atoms with E-state index in [9.17, 15) is 0 Å². The highest BCUT2D eigenvalue weighted by molar-refractivity contribution is 5.45. The topological polar surface area (TPSA) is 67.4 Å². The molecular formula is C14H18N8. The number of piperazine rings is 1. The van der Waals surface area contributed by atoms with Gasteiger partial charge in [0.25, 0.3) is 0 Å². The number of aromatic nitrogens is 6. The lowest BCUT2D eigenvalue weighted by atomic mass is 10.3. The van der Waals surface area contributed by atoms with Crippen molar-refractivity contribution in [2.24, 2.45) is 7.05 Å². The van der Waals surface area contributed by atoms with Crippen LogP contribution in [0, 0.1) is 0 Å². The lowest BCUT2D eigenvalue weighted by Gasteiger charge is -2.35. The molecule has 0 aliphatic carbocycles. The number of rotatable bonds is 3. The van der Waals surface area contributed by atoms with Crippen LogP contribution < -0.4 is 4.90 Å². The molecule has 1 fully saturated rings. The van der Waals surface area contributed by atoms with Crippen LogP contribution in [0.2, 0.25) is 0 Å². The van der Waals surface area contributed by atoms with Crippen molar-refractivity contribution in [1.82, 2.24) is 34.3 Å². The van der Waals surface area contributed by atoms with Crippen LogP contribution in [0.15, 0.2) is 30.9 Å². The van der Waals surface area contributed by atoms with Gasteiger partial charge in [0.1, 0.15) is 18.0 Å². The second-order valence-electron chi connectivity index (χ2n) is 5.54. The standard InChI is InChI=1S/C14H18N8/c1-19-5-4-15-14(19)10-20-6-8-21(9-7-20)13-3-2-12-17-16-11-22(12)18-13/h2-5,11H,6-10H2,1H3. The van der Waals surface area contributed by atoms with Crippen molar-refractivity contribution in [3.63, 3.8) is 0 Å². The second kappa shape index (κ2) is 5.38. The van der Waals surface area contributed by atoms with Gasteiger partial charge in [0.05, 0.1) is 6.54 Å². The van der Waals surface area contributed by atoms with Crippen LogP contribution in [0.25, 0.3) is 5.65 Å². The summed E-state index contributed by atoms with van der Waals surface area (Å²) >= 11 is 0. The molecule has 3 aromatic rings. The van der Waals surface area contributed by atoms with Crippen LogP contribution in [0.1, 0.15) is 5.82 Å². The Balaban J connectivity index is 1.41. The molecule has 114 valence electrons. The minimum Gasteiger partial charge on any atom is -0.353 e. The summed E-state index contributed by atoms with van der Waals surface area (Å²) in [4.78, 5) is 9.12. The average molecular weight is 298 g/mol. The molecule has 0 atom stereocenters. The van der Waals surface area contributed by atoms with Gasteiger partial charge in [0.2, 0.25) is 0 Å². The summed E-state index contributed by atoms with van der Waals surface area (Å²) in [6.07, 6.45) is 5.48. The van der Waals surface area contributed by atoms with Gasteiger partial charge in [-0.25, -0.2) is 4.98 Å². The third kappa shape index (κ3) is 2.41. The lowest BCUT2D eigenvalue weighted by Crippen LogP contribution is -2.46. The third-order valence-corrected chi connectivity index (χ3v) is 4.13. The van der Waals surface area contributed by atoms with Crippen molar-refractivity contribution in [3.05, 3.63) is 36.7 Å². The molecule has 0 saturated carbocycles. The number of fused-ring (bicyclic) bond motifs is 1. The first-order valence-corrected chi connectivity index (χ1v) is 7.40. The van der Waals surface area contributed by atoms with Crippen LogP contribution in [0.4, 0.5) is 5.82 Å². The lowest BCUT2D eigenvalue weighted by molar-refractivity contribution is 0.241. The molecule has 0 unspecified atom stereocenters. The van der Waals surface area contributed by atoms with Gasteiger partial charge in [-0.1, -0.05) is 0 Å². The van der Waals surface area contributed by atoms with E-state index in [2.05, 4.69) is 34.6 Å². The number of hydrogen-bond acceptors (Lipinski definition) is 6. The molecule has 4 heterocycles. The summed E-state index contributed by atoms with van der Waals surface area (Å²) in [6.45, 7) is 4.84. The van der Waals surface area contributed by atoms with E-state index in [1.165, 1.54) is 0 Å². The predicted molar refractivity (Wildman–Crippen MR) is 81.5 cm³/mol. The van der Waals surface area contributed by atoms with Crippen LogP contribution in [-0.2, 0) is 13.6 Å². The summed E-state index contributed by atoms with van der Waals surface area (Å²) in [5, 5.41) is 12.4. The first-order valence-electron chi connectivity index (χ1n) is 7.40. The van der Waals surface area contributed by atoms with Crippen molar-refractivity contribution in [2.75, 3.05) is 31.1 Å². The van der Waals surface area contributed by atoms with Gasteiger partial charge in [-0.2, -0.15) is 4.52 Å². The molecule has 0 aromatic carbocycles. The normalized spacial score (nSPS) is 16.5. The zero-order chi connectivity index (χ0) is 14.9. The van der Waals surface area contributed by atoms with E-state index in [4.69, 9.17) is 0 Å². The van der Waals surface area contributed by atoms with Crippen molar-refractivity contribution >= 4 is 11.5 Å². The number of aryl methyl sites for hydroxylation is 1. The molecule has 0 spiro atoms. The smallest absolute Gasteiger partial charge is 0.177 e. The van der Waals surface area contributed by atoms with Gasteiger partial charge in [-0.3, -0.25) is 4.90 Å². The maximum Gasteiger partial charge on any atom is 0.177 e. The highest BCUT2D eigenvalue weighted by Gasteiger charge is 2.19. The fraction of sp³-hybridized carbons (Fsp3) is 0.429. The number of hydrogen-bond donors (Lipinski definition) is 0. The fourth-order valence-electron chi connectivity index (χ4n) is 2.77. The summed E-state index contributed by atoms with van der Waals surface area (Å²) < 4.78 is 3.80. The molecule has 0 N–H and O–H groups in total. The quantitative estimate of drug-likeness (QED) is 0.687. The van der Waals surface area contributed by atoms with Gasteiger partial charge >= 0.3 is 0 Å². The van der Waals surface area contributed by atoms with E-state index in [0.29, 0.717) is 0 Å². The van der Waals surface area contributed by atoms with E-state index in [1.54, 1.807) is 10.8 Å². The molecule has 22 heavy (non-hydrogen) atoms. The summed E-state index contributed by atoms with van der Waals surface area (Å²) in [5.41, 5.74) is 0.775. The van der Waals surface area contributed by atoms with Crippen LogP contribution in [-0.4, -0.2) is 60.4 Å². The van der Waals surface area contributed by atoms with Crippen molar-refractivity contribution < 1.29 is 0 Å². The predicted octanol–water partition coefficient (Wildman–Crippen LogP) is 0.180. The first kappa shape index (κ1) is 13.2. The van der Waals surface area contributed by atoms with Crippen LogP contribution in [0.3, 0.4) is 0 Å². The first-order chi connectivity index (χ1) is 10.8. The Bertz CT molecular complexity index is 768. The highest BCUT2D eigenvalue weighted by Crippen LogP contribution is 2.14. The van der Waals surface area contributed by atoms with Crippen molar-refractivity contribution in [2.45, 2.75) is 6.54 Å². The van der Waals surface area contributed by atoms with Crippen LogP contribution >= 0.6 is 0 Å². The molecule has 0 radical (unpaired) electrons. The maximum atomic E-state index is 4.56. The third-order valence-electron chi connectivity index (χ3n) is 4.13. The zero-order valence-electron chi connectivity index (χ0n) is 12.5. The molecule has 1 aliphatic rings. The van der Waals surface area contributed by atoms with Gasteiger partial charge in [0, 0.05) is 45.6 Å². The average Bonchev–Trinajstić information content (AvgIpc) is 3.17. The zero-order valence-corrected chi connectivity index (χ0v) is 12.5. The van der Waals surface area contributed by atoms with Gasteiger partial charge in [-0.05, 0) is 12.1 Å². The summed E-state index contributed by atoms with van der Waals surface area (Å²) in [5.74, 6) is 2.08. The fourth-order valence-corrected chi connectivity index (χ4v) is 2.77. The molecule has 0 amide bonds. The summed E-state index contributed by atoms with van der Waals surface area (Å²) in [7, 11) is 2.04. The minimum atomic E-state index is 0.775. The Kier molecular flexibility index (Phi) is 3.23. The number of nitrogens with zero attached hydrogens (tertiary/aromatic N) is 8.